The third kappa shape index (κ3) is 11.1. The van der Waals surface area contributed by atoms with E-state index in [0.717, 1.165) is 17.6 Å². The van der Waals surface area contributed by atoms with E-state index in [2.05, 4.69) is 25.8 Å². The summed E-state index contributed by atoms with van der Waals surface area (Å²) in [5.74, 6) is 2.54. The minimum absolute atomic E-state index is 0.734. The molecule has 1 rings (SSSR count). The normalized spacial score (nSPS) is 8.80. The molecular formula is C13H27NO. The molecule has 2 heteroatoms. The van der Waals surface area contributed by atoms with E-state index in [9.17, 15) is 0 Å². The van der Waals surface area contributed by atoms with Gasteiger partial charge in [0.05, 0.1) is 6.20 Å². The Hall–Kier alpha value is -0.790. The molecule has 2 nitrogen and oxygen atoms in total. The van der Waals surface area contributed by atoms with Crippen molar-refractivity contribution in [3.8, 4) is 0 Å². The van der Waals surface area contributed by atoms with Crippen molar-refractivity contribution in [3.63, 3.8) is 0 Å². The van der Waals surface area contributed by atoms with Crippen LogP contribution in [0.3, 0.4) is 0 Å². The average molecular weight is 213 g/mol. The van der Waals surface area contributed by atoms with E-state index in [0.29, 0.717) is 0 Å². The van der Waals surface area contributed by atoms with E-state index >= 15 is 0 Å². The zero-order chi connectivity index (χ0) is 12.3. The summed E-state index contributed by atoms with van der Waals surface area (Å²) < 4.78 is 4.97. The molecule has 0 bridgehead atoms. The van der Waals surface area contributed by atoms with Gasteiger partial charge in [0, 0.05) is 6.92 Å². The van der Waals surface area contributed by atoms with E-state index < -0.39 is 0 Å². The molecule has 0 aromatic carbocycles. The van der Waals surface area contributed by atoms with E-state index in [1.165, 1.54) is 12.8 Å². The number of oxazole rings is 1. The summed E-state index contributed by atoms with van der Waals surface area (Å²) in [5.41, 5.74) is 0. The van der Waals surface area contributed by atoms with Gasteiger partial charge in [0.15, 0.2) is 5.89 Å². The van der Waals surface area contributed by atoms with Crippen LogP contribution in [-0.2, 0) is 0 Å². The lowest BCUT2D eigenvalue weighted by atomic mass is 10.1. The second-order valence-corrected chi connectivity index (χ2v) is 3.41. The number of aryl methyl sites for hydroxylation is 2. The van der Waals surface area contributed by atoms with Gasteiger partial charge in [-0.1, -0.05) is 47.5 Å². The molecule has 0 N–H and O–H groups in total. The largest absolute Gasteiger partial charge is 0.446 e. The van der Waals surface area contributed by atoms with Gasteiger partial charge in [-0.05, 0) is 12.8 Å². The summed E-state index contributed by atoms with van der Waals surface area (Å²) >= 11 is 0. The van der Waals surface area contributed by atoms with Crippen LogP contribution in [0, 0.1) is 19.8 Å². The molecular weight excluding hydrogens is 186 g/mol. The highest BCUT2D eigenvalue weighted by molar-refractivity contribution is 4.87. The summed E-state index contributed by atoms with van der Waals surface area (Å²) in [4.78, 5) is 3.85. The van der Waals surface area contributed by atoms with Gasteiger partial charge in [0.1, 0.15) is 5.76 Å². The quantitative estimate of drug-likeness (QED) is 0.708. The Kier molecular flexibility index (Phi) is 12.5. The van der Waals surface area contributed by atoms with Gasteiger partial charge in [-0.2, -0.15) is 0 Å². The molecule has 15 heavy (non-hydrogen) atoms. The monoisotopic (exact) mass is 213 g/mol. The fourth-order valence-corrected chi connectivity index (χ4v) is 0.756. The van der Waals surface area contributed by atoms with E-state index in [1.807, 2.05) is 27.7 Å². The molecule has 1 aromatic rings. The zero-order valence-electron chi connectivity index (χ0n) is 11.4. The van der Waals surface area contributed by atoms with E-state index in [-0.39, 0.29) is 0 Å². The van der Waals surface area contributed by atoms with Crippen LogP contribution in [0.5, 0.6) is 0 Å². The molecule has 0 unspecified atom stereocenters. The number of nitrogens with zero attached hydrogens (tertiary/aromatic N) is 1. The average Bonchev–Trinajstić information content (AvgIpc) is 2.65. The van der Waals surface area contributed by atoms with Gasteiger partial charge in [-0.3, -0.25) is 0 Å². The van der Waals surface area contributed by atoms with Crippen molar-refractivity contribution < 1.29 is 4.42 Å². The molecule has 0 saturated carbocycles. The van der Waals surface area contributed by atoms with Gasteiger partial charge in [-0.15, -0.1) is 0 Å². The molecule has 0 amide bonds. The summed E-state index contributed by atoms with van der Waals surface area (Å²) in [6.45, 7) is 14.4. The second kappa shape index (κ2) is 11.3. The zero-order valence-corrected chi connectivity index (χ0v) is 11.4. The minimum Gasteiger partial charge on any atom is -0.446 e. The van der Waals surface area contributed by atoms with Gasteiger partial charge in [0.25, 0.3) is 0 Å². The predicted octanol–water partition coefficient (Wildman–Crippen LogP) is 4.76. The minimum atomic E-state index is 0.734. The molecule has 0 saturated heterocycles. The van der Waals surface area contributed by atoms with Crippen molar-refractivity contribution in [2.24, 2.45) is 5.92 Å². The Labute approximate surface area is 95.1 Å². The van der Waals surface area contributed by atoms with Crippen molar-refractivity contribution in [2.45, 2.75) is 61.3 Å². The summed E-state index contributed by atoms with van der Waals surface area (Å²) in [6, 6.07) is 0. The molecule has 0 atom stereocenters. The van der Waals surface area contributed by atoms with Crippen LogP contribution in [0.2, 0.25) is 0 Å². The topological polar surface area (TPSA) is 26.0 Å². The van der Waals surface area contributed by atoms with Crippen LogP contribution in [0.15, 0.2) is 10.6 Å². The molecule has 0 aliphatic carbocycles. The molecule has 0 radical (unpaired) electrons. The number of rotatable bonds is 2. The van der Waals surface area contributed by atoms with Crippen LogP contribution >= 0.6 is 0 Å². The Morgan fingerprint density at radius 2 is 1.67 bits per heavy atom. The van der Waals surface area contributed by atoms with Gasteiger partial charge >= 0.3 is 0 Å². The summed E-state index contributed by atoms with van der Waals surface area (Å²) in [5, 5.41) is 0. The van der Waals surface area contributed by atoms with Crippen LogP contribution in [0.4, 0.5) is 0 Å². The SMILES string of the molecule is CC.CCC(C)CC.Cc1cnc(C)o1. The number of hydrogen-bond donors (Lipinski definition) is 0. The predicted molar refractivity (Wildman–Crippen MR) is 67.1 cm³/mol. The first-order valence-electron chi connectivity index (χ1n) is 5.99. The fourth-order valence-electron chi connectivity index (χ4n) is 0.756. The fraction of sp³-hybridized carbons (Fsp3) is 0.769. The molecule has 90 valence electrons. The van der Waals surface area contributed by atoms with Crippen LogP contribution < -0.4 is 0 Å². The van der Waals surface area contributed by atoms with E-state index in [1.54, 1.807) is 6.20 Å². The first kappa shape index (κ1) is 16.6. The molecule has 1 heterocycles. The van der Waals surface area contributed by atoms with E-state index in [4.69, 9.17) is 4.42 Å². The molecule has 1 aromatic heterocycles. The highest BCUT2D eigenvalue weighted by Crippen LogP contribution is 2.02. The van der Waals surface area contributed by atoms with Crippen molar-refractivity contribution in [2.75, 3.05) is 0 Å². The maximum Gasteiger partial charge on any atom is 0.191 e. The lowest BCUT2D eigenvalue weighted by Crippen LogP contribution is -1.85. The van der Waals surface area contributed by atoms with Crippen molar-refractivity contribution >= 4 is 0 Å². The number of aromatic nitrogens is 1. The molecule has 0 spiro atoms. The first-order valence-corrected chi connectivity index (χ1v) is 5.99. The van der Waals surface area contributed by atoms with Crippen molar-refractivity contribution in [1.82, 2.24) is 4.98 Å². The van der Waals surface area contributed by atoms with Crippen LogP contribution in [-0.4, -0.2) is 4.98 Å². The number of hydrogen-bond acceptors (Lipinski definition) is 2. The van der Waals surface area contributed by atoms with Gasteiger partial charge in [-0.25, -0.2) is 4.98 Å². The highest BCUT2D eigenvalue weighted by Gasteiger charge is 1.88. The Morgan fingerprint density at radius 3 is 1.73 bits per heavy atom. The Bertz CT molecular complexity index is 198. The van der Waals surface area contributed by atoms with Gasteiger partial charge in [0.2, 0.25) is 0 Å². The third-order valence-electron chi connectivity index (χ3n) is 2.13. The van der Waals surface area contributed by atoms with Crippen LogP contribution in [0.25, 0.3) is 0 Å². The Balaban J connectivity index is 0. The smallest absolute Gasteiger partial charge is 0.191 e. The van der Waals surface area contributed by atoms with Crippen LogP contribution in [0.1, 0.15) is 59.1 Å². The van der Waals surface area contributed by atoms with Crippen molar-refractivity contribution in [3.05, 3.63) is 17.8 Å². The Morgan fingerprint density at radius 1 is 1.20 bits per heavy atom. The summed E-state index contributed by atoms with van der Waals surface area (Å²) in [7, 11) is 0. The maximum atomic E-state index is 4.97. The molecule has 0 aliphatic rings. The standard InChI is InChI=1S/C6H14.C5H7NO.C2H6/c1-4-6(3)5-2;1-4-3-6-5(2)7-4;1-2/h6H,4-5H2,1-3H3;3H,1-2H3;1-2H3. The lowest BCUT2D eigenvalue weighted by molar-refractivity contribution is 0.494. The second-order valence-electron chi connectivity index (χ2n) is 3.41. The lowest BCUT2D eigenvalue weighted by Gasteiger charge is -1.98. The van der Waals surface area contributed by atoms with Crippen molar-refractivity contribution in [1.29, 1.82) is 0 Å². The highest BCUT2D eigenvalue weighted by atomic mass is 16.3. The first-order chi connectivity index (χ1) is 7.10. The third-order valence-corrected chi connectivity index (χ3v) is 2.13. The summed E-state index contributed by atoms with van der Waals surface area (Å²) in [6.07, 6.45) is 4.36. The molecule has 0 fully saturated rings. The van der Waals surface area contributed by atoms with Gasteiger partial charge < -0.3 is 4.42 Å². The maximum absolute atomic E-state index is 4.97. The molecule has 0 aliphatic heterocycles.